The Morgan fingerprint density at radius 1 is 1.20 bits per heavy atom. The zero-order valence-corrected chi connectivity index (χ0v) is 17.4. The Labute approximate surface area is 177 Å². The maximum atomic E-state index is 14.4. The van der Waals surface area contributed by atoms with E-state index in [4.69, 9.17) is 11.6 Å². The maximum absolute atomic E-state index is 14.4. The van der Waals surface area contributed by atoms with Crippen molar-refractivity contribution in [2.75, 3.05) is 16.8 Å². The molecule has 30 heavy (non-hydrogen) atoms. The molecule has 0 saturated carbocycles. The van der Waals surface area contributed by atoms with Crippen LogP contribution in [-0.2, 0) is 11.2 Å². The fourth-order valence-electron chi connectivity index (χ4n) is 3.77. The largest absolute Gasteiger partial charge is 0.311 e. The van der Waals surface area contributed by atoms with Gasteiger partial charge in [-0.15, -0.1) is 0 Å². The quantitative estimate of drug-likeness (QED) is 0.565. The van der Waals surface area contributed by atoms with E-state index in [1.807, 2.05) is 38.1 Å². The Hall–Kier alpha value is -3.06. The summed E-state index contributed by atoms with van der Waals surface area (Å²) in [7, 11) is 1.44. The van der Waals surface area contributed by atoms with Crippen LogP contribution in [0.5, 0.6) is 0 Å². The minimum Gasteiger partial charge on any atom is -0.311 e. The minimum absolute atomic E-state index is 0.0938. The molecule has 5 nitrogen and oxygen atoms in total. The molecule has 0 radical (unpaired) electrons. The highest BCUT2D eigenvalue weighted by Gasteiger charge is 2.39. The standard InChI is InChI=1S/C22H19ClF2N4O/c1-12-7-13(2)27-20(8-12)29-19(9-14-5-4-6-26-21(14)29)22(30)28(3)18-10-15(23)16(24)11-17(18)25/h4-8,10-11,19H,9H2,1-3H3. The van der Waals surface area contributed by atoms with E-state index in [0.29, 0.717) is 24.1 Å². The second-order valence-corrected chi connectivity index (χ2v) is 7.74. The molecule has 3 heterocycles. The number of anilines is 3. The molecule has 2 aromatic heterocycles. The fourth-order valence-corrected chi connectivity index (χ4v) is 3.93. The average Bonchev–Trinajstić information content (AvgIpc) is 3.08. The Morgan fingerprint density at radius 3 is 2.70 bits per heavy atom. The first-order valence-corrected chi connectivity index (χ1v) is 9.74. The van der Waals surface area contributed by atoms with Crippen LogP contribution < -0.4 is 9.80 Å². The van der Waals surface area contributed by atoms with Crippen LogP contribution >= 0.6 is 11.6 Å². The highest BCUT2D eigenvalue weighted by atomic mass is 35.5. The number of halogens is 3. The van der Waals surface area contributed by atoms with Crippen molar-refractivity contribution in [3.63, 3.8) is 0 Å². The Bertz CT molecular complexity index is 1130. The van der Waals surface area contributed by atoms with Gasteiger partial charge in [-0.3, -0.25) is 9.69 Å². The number of carbonyl (C=O) groups excluding carboxylic acids is 1. The van der Waals surface area contributed by atoms with Crippen LogP contribution in [0.1, 0.15) is 16.8 Å². The second kappa shape index (κ2) is 7.65. The third-order valence-electron chi connectivity index (χ3n) is 5.12. The molecule has 154 valence electrons. The lowest BCUT2D eigenvalue weighted by Gasteiger charge is -2.29. The molecular formula is C22H19ClF2N4O. The lowest BCUT2D eigenvalue weighted by molar-refractivity contribution is -0.119. The molecule has 1 aromatic carbocycles. The number of hydrogen-bond donors (Lipinski definition) is 0. The molecule has 0 saturated heterocycles. The highest BCUT2D eigenvalue weighted by molar-refractivity contribution is 6.31. The van der Waals surface area contributed by atoms with Gasteiger partial charge in [-0.25, -0.2) is 18.7 Å². The van der Waals surface area contributed by atoms with Crippen LogP contribution in [0.3, 0.4) is 0 Å². The molecule has 1 unspecified atom stereocenters. The smallest absolute Gasteiger partial charge is 0.250 e. The molecule has 1 aliphatic rings. The van der Waals surface area contributed by atoms with E-state index in [9.17, 15) is 13.6 Å². The van der Waals surface area contributed by atoms with Gasteiger partial charge in [0.05, 0.1) is 10.7 Å². The monoisotopic (exact) mass is 428 g/mol. The summed E-state index contributed by atoms with van der Waals surface area (Å²) in [5.74, 6) is -0.890. The normalized spacial score (nSPS) is 15.3. The summed E-state index contributed by atoms with van der Waals surface area (Å²) in [6.45, 7) is 3.83. The van der Waals surface area contributed by atoms with Crippen LogP contribution in [0.15, 0.2) is 42.6 Å². The number of aryl methyl sites for hydroxylation is 2. The summed E-state index contributed by atoms with van der Waals surface area (Å²) in [5.41, 5.74) is 2.61. The van der Waals surface area contributed by atoms with Gasteiger partial charge in [0.2, 0.25) is 5.91 Å². The molecule has 0 aliphatic carbocycles. The lowest BCUT2D eigenvalue weighted by Crippen LogP contribution is -2.45. The maximum Gasteiger partial charge on any atom is 0.250 e. The van der Waals surface area contributed by atoms with Crippen LogP contribution in [0.25, 0.3) is 0 Å². The molecule has 0 spiro atoms. The molecule has 0 N–H and O–H groups in total. The van der Waals surface area contributed by atoms with Gasteiger partial charge in [-0.1, -0.05) is 17.7 Å². The van der Waals surface area contributed by atoms with Crippen molar-refractivity contribution >= 4 is 34.8 Å². The number of fused-ring (bicyclic) bond motifs is 1. The Balaban J connectivity index is 1.77. The first-order valence-electron chi connectivity index (χ1n) is 9.37. The van der Waals surface area contributed by atoms with Crippen LogP contribution in [0.4, 0.5) is 26.1 Å². The van der Waals surface area contributed by atoms with Gasteiger partial charge in [-0.2, -0.15) is 0 Å². The molecule has 1 atom stereocenters. The molecule has 3 aromatic rings. The molecule has 4 rings (SSSR count). The van der Waals surface area contributed by atoms with Crippen LogP contribution in [0.2, 0.25) is 5.02 Å². The van der Waals surface area contributed by atoms with Crippen molar-refractivity contribution in [1.29, 1.82) is 0 Å². The van der Waals surface area contributed by atoms with E-state index < -0.39 is 17.7 Å². The van der Waals surface area contributed by atoms with E-state index in [1.165, 1.54) is 7.05 Å². The zero-order chi connectivity index (χ0) is 21.6. The predicted molar refractivity (Wildman–Crippen MR) is 112 cm³/mol. The molecular weight excluding hydrogens is 410 g/mol. The van der Waals surface area contributed by atoms with Gasteiger partial charge in [0, 0.05) is 31.4 Å². The molecule has 1 aliphatic heterocycles. The van der Waals surface area contributed by atoms with E-state index in [-0.39, 0.29) is 16.6 Å². The van der Waals surface area contributed by atoms with Crippen molar-refractivity contribution in [2.45, 2.75) is 26.3 Å². The van der Waals surface area contributed by atoms with Gasteiger partial charge in [0.15, 0.2) is 0 Å². The van der Waals surface area contributed by atoms with Gasteiger partial charge in [0.25, 0.3) is 0 Å². The van der Waals surface area contributed by atoms with Crippen LogP contribution in [-0.4, -0.2) is 29.0 Å². The van der Waals surface area contributed by atoms with E-state index in [1.54, 1.807) is 11.1 Å². The van der Waals surface area contributed by atoms with Crippen LogP contribution in [0, 0.1) is 25.5 Å². The van der Waals surface area contributed by atoms with Crippen molar-refractivity contribution in [3.8, 4) is 0 Å². The summed E-state index contributed by atoms with van der Waals surface area (Å²) in [5, 5.41) is -0.254. The summed E-state index contributed by atoms with van der Waals surface area (Å²) < 4.78 is 27.9. The van der Waals surface area contributed by atoms with Gasteiger partial charge in [-0.05, 0) is 49.2 Å². The van der Waals surface area contributed by atoms with Crippen molar-refractivity contribution in [3.05, 3.63) is 76.1 Å². The number of aromatic nitrogens is 2. The molecule has 0 bridgehead atoms. The molecule has 0 fully saturated rings. The first-order chi connectivity index (χ1) is 14.3. The third-order valence-corrected chi connectivity index (χ3v) is 5.41. The zero-order valence-electron chi connectivity index (χ0n) is 16.7. The SMILES string of the molecule is Cc1cc(C)nc(N2c3ncccc3CC2C(=O)N(C)c2cc(Cl)c(F)cc2F)c1. The number of pyridine rings is 2. The number of amides is 1. The summed E-state index contributed by atoms with van der Waals surface area (Å²) >= 11 is 5.82. The topological polar surface area (TPSA) is 49.3 Å². The molecule has 1 amide bonds. The summed E-state index contributed by atoms with van der Waals surface area (Å²) in [6, 6.07) is 8.64. The van der Waals surface area contributed by atoms with E-state index in [2.05, 4.69) is 9.97 Å². The number of likely N-dealkylation sites (N-methyl/N-ethyl adjacent to an activating group) is 1. The van der Waals surface area contributed by atoms with Crippen molar-refractivity contribution < 1.29 is 13.6 Å². The van der Waals surface area contributed by atoms with Gasteiger partial charge in [0.1, 0.15) is 29.3 Å². The lowest BCUT2D eigenvalue weighted by atomic mass is 10.1. The number of benzene rings is 1. The average molecular weight is 429 g/mol. The number of nitrogens with zero attached hydrogens (tertiary/aromatic N) is 4. The fraction of sp³-hybridized carbons (Fsp3) is 0.227. The second-order valence-electron chi connectivity index (χ2n) is 7.34. The van der Waals surface area contributed by atoms with Gasteiger partial charge < -0.3 is 4.90 Å². The highest BCUT2D eigenvalue weighted by Crippen LogP contribution is 2.37. The van der Waals surface area contributed by atoms with E-state index >= 15 is 0 Å². The summed E-state index contributed by atoms with van der Waals surface area (Å²) in [4.78, 5) is 25.4. The van der Waals surface area contributed by atoms with E-state index in [0.717, 1.165) is 27.8 Å². The predicted octanol–water partition coefficient (Wildman–Crippen LogP) is 4.75. The van der Waals surface area contributed by atoms with Crippen molar-refractivity contribution in [1.82, 2.24) is 9.97 Å². The van der Waals surface area contributed by atoms with Crippen molar-refractivity contribution in [2.24, 2.45) is 0 Å². The number of hydrogen-bond acceptors (Lipinski definition) is 4. The Morgan fingerprint density at radius 2 is 1.97 bits per heavy atom. The first kappa shape index (κ1) is 20.2. The number of carbonyl (C=O) groups is 1. The summed E-state index contributed by atoms with van der Waals surface area (Å²) in [6.07, 6.45) is 2.04. The Kier molecular flexibility index (Phi) is 5.15. The molecule has 8 heteroatoms. The number of rotatable bonds is 3. The third kappa shape index (κ3) is 3.50. The minimum atomic E-state index is -0.878. The van der Waals surface area contributed by atoms with Gasteiger partial charge >= 0.3 is 0 Å².